The molecule has 2 aromatic carbocycles. The largest absolute Gasteiger partial charge is 0.338 e. The number of rotatable bonds is 6. The summed E-state index contributed by atoms with van der Waals surface area (Å²) in [5.74, 6) is -0.0976. The van der Waals surface area contributed by atoms with Crippen LogP contribution in [0.4, 0.5) is 4.39 Å². The molecule has 1 amide bonds. The second-order valence-corrected chi connectivity index (χ2v) is 7.66. The minimum Gasteiger partial charge on any atom is -0.338 e. The molecule has 138 valence electrons. The van der Waals surface area contributed by atoms with Gasteiger partial charge in [-0.3, -0.25) is 4.79 Å². The van der Waals surface area contributed by atoms with E-state index in [0.717, 1.165) is 31.2 Å². The van der Waals surface area contributed by atoms with E-state index >= 15 is 0 Å². The molecule has 0 N–H and O–H groups in total. The van der Waals surface area contributed by atoms with Crippen LogP contribution in [0.5, 0.6) is 0 Å². The van der Waals surface area contributed by atoms with Gasteiger partial charge in [0.25, 0.3) is 0 Å². The first kappa shape index (κ1) is 19.2. The van der Waals surface area contributed by atoms with Crippen molar-refractivity contribution in [3.63, 3.8) is 0 Å². The maximum Gasteiger partial charge on any atom is 0.225 e. The summed E-state index contributed by atoms with van der Waals surface area (Å²) in [6.07, 6.45) is 4.64. The number of carbonyl (C=O) groups excluding carboxylic acids is 1. The molecule has 1 saturated carbocycles. The van der Waals surface area contributed by atoms with Crippen molar-refractivity contribution in [2.24, 2.45) is 5.92 Å². The summed E-state index contributed by atoms with van der Waals surface area (Å²) in [6.45, 7) is 0.790. The molecule has 5 heteroatoms. The van der Waals surface area contributed by atoms with Crippen LogP contribution in [0.25, 0.3) is 0 Å². The zero-order valence-corrected chi connectivity index (χ0v) is 16.1. The Labute approximate surface area is 163 Å². The fourth-order valence-electron chi connectivity index (χ4n) is 3.51. The van der Waals surface area contributed by atoms with Crippen molar-refractivity contribution in [2.75, 3.05) is 6.54 Å². The lowest BCUT2D eigenvalue weighted by molar-refractivity contribution is -0.136. The van der Waals surface area contributed by atoms with Gasteiger partial charge in [0, 0.05) is 34.6 Å². The lowest BCUT2D eigenvalue weighted by Gasteiger charge is -2.26. The number of amides is 1. The SMILES string of the molecule is O=C(C1CCCC1)N(CCc1ccc(Cl)cc1Cl)Cc1ccccc1F. The highest BCUT2D eigenvalue weighted by molar-refractivity contribution is 6.35. The zero-order chi connectivity index (χ0) is 18.5. The fraction of sp³-hybridized carbons (Fsp3) is 0.381. The monoisotopic (exact) mass is 393 g/mol. The normalized spacial score (nSPS) is 14.6. The highest BCUT2D eigenvalue weighted by atomic mass is 35.5. The Morgan fingerprint density at radius 3 is 2.50 bits per heavy atom. The van der Waals surface area contributed by atoms with Crippen LogP contribution in [0.3, 0.4) is 0 Å². The minimum atomic E-state index is -0.277. The molecular weight excluding hydrogens is 372 g/mol. The number of hydrogen-bond acceptors (Lipinski definition) is 1. The van der Waals surface area contributed by atoms with E-state index in [9.17, 15) is 9.18 Å². The Morgan fingerprint density at radius 1 is 1.08 bits per heavy atom. The molecule has 0 aliphatic heterocycles. The van der Waals surface area contributed by atoms with Crippen LogP contribution in [0, 0.1) is 11.7 Å². The Morgan fingerprint density at radius 2 is 1.81 bits per heavy atom. The average molecular weight is 394 g/mol. The number of nitrogens with zero attached hydrogens (tertiary/aromatic N) is 1. The van der Waals surface area contributed by atoms with Gasteiger partial charge in [0.2, 0.25) is 5.91 Å². The summed E-state index contributed by atoms with van der Waals surface area (Å²) < 4.78 is 14.1. The molecule has 2 aromatic rings. The lowest BCUT2D eigenvalue weighted by atomic mass is 10.0. The Kier molecular flexibility index (Phi) is 6.55. The molecular formula is C21H22Cl2FNO. The Hall–Kier alpha value is -1.58. The van der Waals surface area contributed by atoms with Gasteiger partial charge < -0.3 is 4.90 Å². The van der Waals surface area contributed by atoms with Crippen LogP contribution in [0.2, 0.25) is 10.0 Å². The summed E-state index contributed by atoms with van der Waals surface area (Å²) in [5.41, 5.74) is 1.48. The molecule has 0 aromatic heterocycles. The van der Waals surface area contributed by atoms with Gasteiger partial charge in [-0.25, -0.2) is 4.39 Å². The van der Waals surface area contributed by atoms with Gasteiger partial charge in [-0.2, -0.15) is 0 Å². The predicted octanol–water partition coefficient (Wildman–Crippen LogP) is 5.89. The van der Waals surface area contributed by atoms with E-state index in [1.165, 1.54) is 6.07 Å². The summed E-state index contributed by atoms with van der Waals surface area (Å²) in [6, 6.07) is 12.0. The highest BCUT2D eigenvalue weighted by Crippen LogP contribution is 2.28. The van der Waals surface area contributed by atoms with Crippen molar-refractivity contribution in [1.82, 2.24) is 4.90 Å². The molecule has 2 nitrogen and oxygen atoms in total. The summed E-state index contributed by atoms with van der Waals surface area (Å²) in [7, 11) is 0. The summed E-state index contributed by atoms with van der Waals surface area (Å²) >= 11 is 12.2. The van der Waals surface area contributed by atoms with E-state index < -0.39 is 0 Å². The standard InChI is InChI=1S/C21H22Cl2FNO/c22-18-10-9-15(19(23)13-18)11-12-25(21(26)16-5-1-2-6-16)14-17-7-3-4-8-20(17)24/h3-4,7-10,13,16H,1-2,5-6,11-12,14H2. The zero-order valence-electron chi connectivity index (χ0n) is 14.6. The van der Waals surface area contributed by atoms with Crippen LogP contribution in [-0.4, -0.2) is 17.4 Å². The number of hydrogen-bond donors (Lipinski definition) is 0. The third-order valence-electron chi connectivity index (χ3n) is 5.00. The fourth-order valence-corrected chi connectivity index (χ4v) is 4.01. The average Bonchev–Trinajstić information content (AvgIpc) is 3.15. The molecule has 1 aliphatic carbocycles. The van der Waals surface area contributed by atoms with Crippen LogP contribution < -0.4 is 0 Å². The predicted molar refractivity (Wildman–Crippen MR) is 104 cm³/mol. The van der Waals surface area contributed by atoms with Gasteiger partial charge in [-0.15, -0.1) is 0 Å². The molecule has 3 rings (SSSR count). The van der Waals surface area contributed by atoms with Gasteiger partial charge in [0.15, 0.2) is 0 Å². The summed E-state index contributed by atoms with van der Waals surface area (Å²) in [5, 5.41) is 1.18. The van der Waals surface area contributed by atoms with Crippen molar-refractivity contribution in [3.05, 3.63) is 69.5 Å². The molecule has 1 fully saturated rings. The maximum atomic E-state index is 14.1. The molecule has 0 unspecified atom stereocenters. The van der Waals surface area contributed by atoms with Crippen LogP contribution in [0.15, 0.2) is 42.5 Å². The molecule has 0 atom stereocenters. The van der Waals surface area contributed by atoms with Crippen LogP contribution >= 0.6 is 23.2 Å². The highest BCUT2D eigenvalue weighted by Gasteiger charge is 2.27. The minimum absolute atomic E-state index is 0.0578. The van der Waals surface area contributed by atoms with Crippen LogP contribution in [-0.2, 0) is 17.8 Å². The molecule has 26 heavy (non-hydrogen) atoms. The quantitative estimate of drug-likeness (QED) is 0.598. The van der Waals surface area contributed by atoms with Gasteiger partial charge in [-0.05, 0) is 43.0 Å². The second kappa shape index (κ2) is 8.88. The lowest BCUT2D eigenvalue weighted by Crippen LogP contribution is -2.36. The van der Waals surface area contributed by atoms with E-state index in [1.807, 2.05) is 6.07 Å². The Bertz CT molecular complexity index is 774. The third-order valence-corrected chi connectivity index (χ3v) is 5.59. The topological polar surface area (TPSA) is 20.3 Å². The number of carbonyl (C=O) groups is 1. The van der Waals surface area contributed by atoms with Gasteiger partial charge in [-0.1, -0.05) is 60.3 Å². The van der Waals surface area contributed by atoms with Gasteiger partial charge >= 0.3 is 0 Å². The van der Waals surface area contributed by atoms with Gasteiger partial charge in [0.05, 0.1) is 0 Å². The molecule has 0 heterocycles. The van der Waals surface area contributed by atoms with Crippen molar-refractivity contribution >= 4 is 29.1 Å². The van der Waals surface area contributed by atoms with E-state index in [-0.39, 0.29) is 24.2 Å². The van der Waals surface area contributed by atoms with E-state index in [1.54, 1.807) is 35.2 Å². The smallest absolute Gasteiger partial charge is 0.225 e. The van der Waals surface area contributed by atoms with E-state index in [4.69, 9.17) is 23.2 Å². The first-order valence-corrected chi connectivity index (χ1v) is 9.76. The van der Waals surface area contributed by atoms with E-state index in [2.05, 4.69) is 0 Å². The second-order valence-electron chi connectivity index (χ2n) is 6.82. The molecule has 1 aliphatic rings. The number of halogens is 3. The van der Waals surface area contributed by atoms with Crippen molar-refractivity contribution in [2.45, 2.75) is 38.6 Å². The Balaban J connectivity index is 1.75. The first-order chi connectivity index (χ1) is 12.5. The molecule has 0 spiro atoms. The van der Waals surface area contributed by atoms with Crippen molar-refractivity contribution < 1.29 is 9.18 Å². The summed E-state index contributed by atoms with van der Waals surface area (Å²) in [4.78, 5) is 14.7. The molecule has 0 radical (unpaired) electrons. The maximum absolute atomic E-state index is 14.1. The third kappa shape index (κ3) is 4.77. The first-order valence-electron chi connectivity index (χ1n) is 9.00. The number of benzene rings is 2. The van der Waals surface area contributed by atoms with Crippen LogP contribution in [0.1, 0.15) is 36.8 Å². The molecule has 0 saturated heterocycles. The van der Waals surface area contributed by atoms with Gasteiger partial charge in [0.1, 0.15) is 5.82 Å². The van der Waals surface area contributed by atoms with Crippen molar-refractivity contribution in [1.29, 1.82) is 0 Å². The van der Waals surface area contributed by atoms with E-state index in [0.29, 0.717) is 28.6 Å². The molecule has 0 bridgehead atoms. The van der Waals surface area contributed by atoms with Crippen molar-refractivity contribution in [3.8, 4) is 0 Å².